The van der Waals surface area contributed by atoms with Crippen molar-refractivity contribution in [2.24, 2.45) is 5.92 Å². The smallest absolute Gasteiger partial charge is 0.258 e. The van der Waals surface area contributed by atoms with Crippen molar-refractivity contribution in [2.45, 2.75) is 26.3 Å². The zero-order valence-corrected chi connectivity index (χ0v) is 11.3. The molecule has 1 fully saturated rings. The van der Waals surface area contributed by atoms with Crippen LogP contribution in [0.1, 0.15) is 25.5 Å². The van der Waals surface area contributed by atoms with Gasteiger partial charge in [0, 0.05) is 30.7 Å². The Kier molecular flexibility index (Phi) is 3.18. The molecular formula is C13H17N3OS. The maximum absolute atomic E-state index is 11.9. The summed E-state index contributed by atoms with van der Waals surface area (Å²) in [7, 11) is 0. The minimum Gasteiger partial charge on any atom is -0.297 e. The molecule has 1 saturated heterocycles. The molecular weight excluding hydrogens is 246 g/mol. The van der Waals surface area contributed by atoms with Crippen LogP contribution in [-0.4, -0.2) is 27.4 Å². The first-order valence-electron chi connectivity index (χ1n) is 6.40. The topological polar surface area (TPSA) is 37.6 Å². The molecule has 0 radical (unpaired) electrons. The number of thiazole rings is 1. The number of rotatable bonds is 2. The van der Waals surface area contributed by atoms with Gasteiger partial charge in [0.25, 0.3) is 5.56 Å². The Labute approximate surface area is 110 Å². The van der Waals surface area contributed by atoms with Crippen LogP contribution in [0.3, 0.4) is 0 Å². The first-order valence-corrected chi connectivity index (χ1v) is 7.28. The number of hydrogen-bond acceptors (Lipinski definition) is 4. The standard InChI is InChI=1S/C13H17N3OS/c1-10-3-2-4-15(8-10)9-11-7-12(17)16-5-6-18-13(16)14-11/h5-7,10H,2-4,8-9H2,1H3/t10-/m0/s1. The third-order valence-corrected chi connectivity index (χ3v) is 4.24. The predicted octanol–water partition coefficient (Wildman–Crippen LogP) is 1.99. The second-order valence-corrected chi connectivity index (χ2v) is 6.00. The van der Waals surface area contributed by atoms with E-state index in [4.69, 9.17) is 0 Å². The number of aromatic nitrogens is 2. The fraction of sp³-hybridized carbons (Fsp3) is 0.538. The van der Waals surface area contributed by atoms with Crippen molar-refractivity contribution in [3.8, 4) is 0 Å². The highest BCUT2D eigenvalue weighted by atomic mass is 32.1. The quantitative estimate of drug-likeness (QED) is 0.831. The largest absolute Gasteiger partial charge is 0.297 e. The van der Waals surface area contributed by atoms with Gasteiger partial charge in [-0.25, -0.2) is 4.98 Å². The second-order valence-electron chi connectivity index (χ2n) is 5.12. The van der Waals surface area contributed by atoms with Crippen LogP contribution in [-0.2, 0) is 6.54 Å². The van der Waals surface area contributed by atoms with E-state index in [0.717, 1.165) is 36.2 Å². The number of hydrogen-bond donors (Lipinski definition) is 0. The van der Waals surface area contributed by atoms with Crippen molar-refractivity contribution in [1.82, 2.24) is 14.3 Å². The summed E-state index contributed by atoms with van der Waals surface area (Å²) in [5, 5.41) is 1.90. The molecule has 5 heteroatoms. The minimum absolute atomic E-state index is 0.0290. The molecule has 0 amide bonds. The molecule has 1 aliphatic heterocycles. The van der Waals surface area contributed by atoms with Gasteiger partial charge in [-0.3, -0.25) is 14.1 Å². The number of nitrogens with zero attached hydrogens (tertiary/aromatic N) is 3. The van der Waals surface area contributed by atoms with Gasteiger partial charge in [0.2, 0.25) is 0 Å². The molecule has 2 aromatic heterocycles. The molecule has 0 N–H and O–H groups in total. The molecule has 18 heavy (non-hydrogen) atoms. The summed E-state index contributed by atoms with van der Waals surface area (Å²) in [4.78, 5) is 19.6. The third kappa shape index (κ3) is 2.33. The maximum atomic E-state index is 11.9. The summed E-state index contributed by atoms with van der Waals surface area (Å²) in [5.74, 6) is 0.755. The van der Waals surface area contributed by atoms with Crippen LogP contribution in [0.4, 0.5) is 0 Å². The summed E-state index contributed by atoms with van der Waals surface area (Å²) in [5.41, 5.74) is 0.929. The van der Waals surface area contributed by atoms with Crippen LogP contribution in [0, 0.1) is 5.92 Å². The average molecular weight is 263 g/mol. The van der Waals surface area contributed by atoms with Crippen molar-refractivity contribution in [3.63, 3.8) is 0 Å². The lowest BCUT2D eigenvalue weighted by Crippen LogP contribution is -2.34. The second kappa shape index (κ2) is 4.82. The highest BCUT2D eigenvalue weighted by molar-refractivity contribution is 7.15. The Hall–Kier alpha value is -1.20. The Morgan fingerprint density at radius 3 is 3.28 bits per heavy atom. The summed E-state index contributed by atoms with van der Waals surface area (Å²) in [6.45, 7) is 5.33. The van der Waals surface area contributed by atoms with Crippen LogP contribution in [0.2, 0.25) is 0 Å². The molecule has 0 aromatic carbocycles. The van der Waals surface area contributed by atoms with Gasteiger partial charge in [0.1, 0.15) is 0 Å². The number of fused-ring (bicyclic) bond motifs is 1. The molecule has 0 bridgehead atoms. The fourth-order valence-corrected chi connectivity index (χ4v) is 3.37. The fourth-order valence-electron chi connectivity index (χ4n) is 2.63. The van der Waals surface area contributed by atoms with Crippen molar-refractivity contribution in [3.05, 3.63) is 33.7 Å². The van der Waals surface area contributed by atoms with Gasteiger partial charge < -0.3 is 0 Å². The van der Waals surface area contributed by atoms with E-state index in [1.54, 1.807) is 16.7 Å². The van der Waals surface area contributed by atoms with Gasteiger partial charge in [-0.1, -0.05) is 6.92 Å². The predicted molar refractivity (Wildman–Crippen MR) is 73.0 cm³/mol. The zero-order chi connectivity index (χ0) is 12.5. The molecule has 0 saturated carbocycles. The number of likely N-dealkylation sites (tertiary alicyclic amines) is 1. The highest BCUT2D eigenvalue weighted by Crippen LogP contribution is 2.17. The molecule has 0 spiro atoms. The van der Waals surface area contributed by atoms with Crippen LogP contribution in [0.15, 0.2) is 22.4 Å². The first kappa shape index (κ1) is 11.9. The van der Waals surface area contributed by atoms with E-state index in [9.17, 15) is 4.79 Å². The zero-order valence-electron chi connectivity index (χ0n) is 10.5. The lowest BCUT2D eigenvalue weighted by atomic mass is 10.0. The van der Waals surface area contributed by atoms with Crippen molar-refractivity contribution < 1.29 is 0 Å². The molecule has 1 aliphatic rings. The van der Waals surface area contributed by atoms with E-state index in [2.05, 4.69) is 16.8 Å². The van der Waals surface area contributed by atoms with Gasteiger partial charge in [0.15, 0.2) is 4.96 Å². The van der Waals surface area contributed by atoms with E-state index in [0.29, 0.717) is 0 Å². The highest BCUT2D eigenvalue weighted by Gasteiger charge is 2.17. The normalized spacial score (nSPS) is 21.5. The molecule has 0 unspecified atom stereocenters. The average Bonchev–Trinajstić information content (AvgIpc) is 2.77. The third-order valence-electron chi connectivity index (χ3n) is 3.48. The van der Waals surface area contributed by atoms with Gasteiger partial charge in [-0.2, -0.15) is 0 Å². The van der Waals surface area contributed by atoms with Crippen molar-refractivity contribution in [2.75, 3.05) is 13.1 Å². The molecule has 3 heterocycles. The van der Waals surface area contributed by atoms with Gasteiger partial charge in [0.05, 0.1) is 5.69 Å². The molecule has 0 aliphatic carbocycles. The molecule has 1 atom stereocenters. The van der Waals surface area contributed by atoms with Gasteiger partial charge >= 0.3 is 0 Å². The summed E-state index contributed by atoms with van der Waals surface area (Å²) >= 11 is 1.51. The molecule has 2 aromatic rings. The maximum Gasteiger partial charge on any atom is 0.258 e. The molecule has 3 rings (SSSR count). The van der Waals surface area contributed by atoms with Crippen molar-refractivity contribution in [1.29, 1.82) is 0 Å². The van der Waals surface area contributed by atoms with E-state index in [-0.39, 0.29) is 5.56 Å². The SMILES string of the molecule is C[C@H]1CCCN(Cc2cc(=O)n3ccsc3n2)C1. The summed E-state index contributed by atoms with van der Waals surface area (Å²) in [6, 6.07) is 1.67. The summed E-state index contributed by atoms with van der Waals surface area (Å²) in [6.07, 6.45) is 4.35. The van der Waals surface area contributed by atoms with Crippen LogP contribution < -0.4 is 5.56 Å². The van der Waals surface area contributed by atoms with Crippen LogP contribution in [0.25, 0.3) is 4.96 Å². The Morgan fingerprint density at radius 2 is 2.44 bits per heavy atom. The number of piperidine rings is 1. The first-order chi connectivity index (χ1) is 8.72. The molecule has 4 nitrogen and oxygen atoms in total. The van der Waals surface area contributed by atoms with E-state index >= 15 is 0 Å². The van der Waals surface area contributed by atoms with Crippen LogP contribution >= 0.6 is 11.3 Å². The lowest BCUT2D eigenvalue weighted by Gasteiger charge is -2.30. The van der Waals surface area contributed by atoms with Crippen LogP contribution in [0.5, 0.6) is 0 Å². The summed E-state index contributed by atoms with van der Waals surface area (Å²) < 4.78 is 1.60. The van der Waals surface area contributed by atoms with Gasteiger partial charge in [-0.05, 0) is 25.3 Å². The van der Waals surface area contributed by atoms with E-state index < -0.39 is 0 Å². The van der Waals surface area contributed by atoms with E-state index in [1.807, 2.05) is 5.38 Å². The minimum atomic E-state index is 0.0290. The van der Waals surface area contributed by atoms with Crippen molar-refractivity contribution >= 4 is 16.3 Å². The Bertz CT molecular complexity index is 604. The Morgan fingerprint density at radius 1 is 1.56 bits per heavy atom. The monoisotopic (exact) mass is 263 g/mol. The molecule has 96 valence electrons. The van der Waals surface area contributed by atoms with Gasteiger partial charge in [-0.15, -0.1) is 11.3 Å². The van der Waals surface area contributed by atoms with E-state index in [1.165, 1.54) is 24.2 Å². The lowest BCUT2D eigenvalue weighted by molar-refractivity contribution is 0.175. The Balaban J connectivity index is 1.83.